The number of hydrogen-bond donors (Lipinski definition) is 1. The molecule has 34 heavy (non-hydrogen) atoms. The highest BCUT2D eigenvalue weighted by Crippen LogP contribution is 2.36. The van der Waals surface area contributed by atoms with Gasteiger partial charge in [-0.1, -0.05) is 12.1 Å². The van der Waals surface area contributed by atoms with Gasteiger partial charge in [-0.05, 0) is 84.3 Å². The molecule has 9 heteroatoms. The summed E-state index contributed by atoms with van der Waals surface area (Å²) in [6, 6.07) is 18.4. The molecule has 0 spiro atoms. The standard InChI is InChI=1S/C25H21IN4O3S/c26-17-9-10-19(18(15-17)25-28-20-6-2-3-7-23(20)34-25)27-24(31)16-8-11-21(22(14-16)30(32)33)29-12-4-1-5-13-29/h2-3,6-11,14-15H,1,4-5,12-13H2,(H,27,31). The summed E-state index contributed by atoms with van der Waals surface area (Å²) in [5.74, 6) is -0.392. The number of para-hydroxylation sites is 1. The van der Waals surface area contributed by atoms with Gasteiger partial charge in [-0.2, -0.15) is 0 Å². The van der Waals surface area contributed by atoms with Crippen LogP contribution in [0.1, 0.15) is 29.6 Å². The first-order valence-electron chi connectivity index (χ1n) is 11.0. The molecule has 0 bridgehead atoms. The van der Waals surface area contributed by atoms with Gasteiger partial charge in [0.15, 0.2) is 0 Å². The highest BCUT2D eigenvalue weighted by Gasteiger charge is 2.23. The van der Waals surface area contributed by atoms with Gasteiger partial charge in [-0.25, -0.2) is 4.98 Å². The number of carbonyl (C=O) groups is 1. The molecule has 1 fully saturated rings. The molecule has 1 aliphatic rings. The van der Waals surface area contributed by atoms with Crippen LogP contribution in [0.15, 0.2) is 60.7 Å². The number of aromatic nitrogens is 1. The molecular weight excluding hydrogens is 563 g/mol. The molecule has 3 aromatic carbocycles. The Balaban J connectivity index is 1.46. The fourth-order valence-electron chi connectivity index (χ4n) is 4.20. The number of nitrogens with one attached hydrogen (secondary N) is 1. The van der Waals surface area contributed by atoms with Gasteiger partial charge in [0, 0.05) is 33.9 Å². The van der Waals surface area contributed by atoms with Gasteiger partial charge < -0.3 is 10.2 Å². The number of carbonyl (C=O) groups excluding carboxylic acids is 1. The second-order valence-corrected chi connectivity index (χ2v) is 10.4. The van der Waals surface area contributed by atoms with Crippen molar-refractivity contribution in [2.24, 2.45) is 0 Å². The predicted octanol–water partition coefficient (Wildman–Crippen LogP) is 6.72. The first-order chi connectivity index (χ1) is 16.5. The number of fused-ring (bicyclic) bond motifs is 1. The van der Waals surface area contributed by atoms with Crippen molar-refractivity contribution in [1.82, 2.24) is 4.98 Å². The molecule has 0 radical (unpaired) electrons. The number of benzene rings is 3. The monoisotopic (exact) mass is 584 g/mol. The fraction of sp³-hybridized carbons (Fsp3) is 0.200. The van der Waals surface area contributed by atoms with Crippen molar-refractivity contribution in [3.63, 3.8) is 0 Å². The Morgan fingerprint density at radius 1 is 1.06 bits per heavy atom. The Bertz CT molecular complexity index is 1370. The predicted molar refractivity (Wildman–Crippen MR) is 145 cm³/mol. The third-order valence-electron chi connectivity index (χ3n) is 5.89. The number of nitro benzene ring substituents is 1. The number of nitro groups is 1. The molecule has 172 valence electrons. The average Bonchev–Trinajstić information content (AvgIpc) is 3.29. The molecular formula is C25H21IN4O3S. The quantitative estimate of drug-likeness (QED) is 0.160. The van der Waals surface area contributed by atoms with Crippen LogP contribution >= 0.6 is 33.9 Å². The Labute approximate surface area is 214 Å². The fourth-order valence-corrected chi connectivity index (χ4v) is 5.68. The topological polar surface area (TPSA) is 88.4 Å². The minimum Gasteiger partial charge on any atom is -0.366 e. The van der Waals surface area contributed by atoms with Crippen molar-refractivity contribution in [2.45, 2.75) is 19.3 Å². The van der Waals surface area contributed by atoms with Crippen molar-refractivity contribution in [1.29, 1.82) is 0 Å². The van der Waals surface area contributed by atoms with E-state index in [9.17, 15) is 14.9 Å². The van der Waals surface area contributed by atoms with Crippen LogP contribution in [0.4, 0.5) is 17.1 Å². The van der Waals surface area contributed by atoms with E-state index >= 15 is 0 Å². The third-order valence-corrected chi connectivity index (χ3v) is 7.63. The van der Waals surface area contributed by atoms with E-state index in [0.29, 0.717) is 11.4 Å². The molecule has 4 aromatic rings. The van der Waals surface area contributed by atoms with Crippen molar-refractivity contribution < 1.29 is 9.72 Å². The Morgan fingerprint density at radius 3 is 2.62 bits per heavy atom. The molecule has 1 aromatic heterocycles. The number of piperidine rings is 1. The zero-order valence-electron chi connectivity index (χ0n) is 18.2. The van der Waals surface area contributed by atoms with Crippen LogP contribution in [0.3, 0.4) is 0 Å². The zero-order chi connectivity index (χ0) is 23.7. The zero-order valence-corrected chi connectivity index (χ0v) is 21.1. The number of thiazole rings is 1. The number of hydrogen-bond acceptors (Lipinski definition) is 6. The highest BCUT2D eigenvalue weighted by atomic mass is 127. The maximum absolute atomic E-state index is 13.2. The number of amides is 1. The maximum Gasteiger partial charge on any atom is 0.293 e. The maximum atomic E-state index is 13.2. The van der Waals surface area contributed by atoms with E-state index in [0.717, 1.165) is 56.7 Å². The molecule has 1 aliphatic heterocycles. The van der Waals surface area contributed by atoms with Crippen LogP contribution in [-0.4, -0.2) is 28.9 Å². The van der Waals surface area contributed by atoms with Crippen molar-refractivity contribution >= 4 is 67.1 Å². The molecule has 2 heterocycles. The molecule has 5 rings (SSSR count). The Kier molecular flexibility index (Phi) is 6.46. The van der Waals surface area contributed by atoms with Crippen molar-refractivity contribution in [3.8, 4) is 10.6 Å². The summed E-state index contributed by atoms with van der Waals surface area (Å²) in [7, 11) is 0. The number of halogens is 1. The minimum atomic E-state index is -0.405. The average molecular weight is 584 g/mol. The lowest BCUT2D eigenvalue weighted by atomic mass is 10.1. The van der Waals surface area contributed by atoms with Gasteiger partial charge in [0.25, 0.3) is 11.6 Å². The minimum absolute atomic E-state index is 0.0384. The van der Waals surface area contributed by atoms with Crippen molar-refractivity contribution in [3.05, 3.63) is 79.9 Å². The summed E-state index contributed by atoms with van der Waals surface area (Å²) in [5, 5.41) is 15.6. The SMILES string of the molecule is O=C(Nc1ccc(I)cc1-c1nc2ccccc2s1)c1ccc(N2CCCCC2)c([N+](=O)[O-])c1. The third kappa shape index (κ3) is 4.62. The van der Waals surface area contributed by atoms with E-state index in [1.807, 2.05) is 47.4 Å². The lowest BCUT2D eigenvalue weighted by Crippen LogP contribution is -2.30. The van der Waals surface area contributed by atoms with E-state index in [4.69, 9.17) is 4.98 Å². The van der Waals surface area contributed by atoms with Gasteiger partial charge in [0.1, 0.15) is 10.7 Å². The Morgan fingerprint density at radius 2 is 1.85 bits per heavy atom. The molecule has 0 unspecified atom stereocenters. The van der Waals surface area contributed by atoms with Gasteiger partial charge >= 0.3 is 0 Å². The summed E-state index contributed by atoms with van der Waals surface area (Å²) < 4.78 is 2.09. The van der Waals surface area contributed by atoms with Crippen LogP contribution in [0.2, 0.25) is 0 Å². The van der Waals surface area contributed by atoms with Gasteiger partial charge in [0.2, 0.25) is 0 Å². The van der Waals surface area contributed by atoms with Gasteiger partial charge in [-0.15, -0.1) is 11.3 Å². The normalized spacial score (nSPS) is 13.7. The van der Waals surface area contributed by atoms with Gasteiger partial charge in [-0.3, -0.25) is 14.9 Å². The van der Waals surface area contributed by atoms with Crippen LogP contribution < -0.4 is 10.2 Å². The van der Waals surface area contributed by atoms with E-state index < -0.39 is 10.8 Å². The first kappa shape index (κ1) is 22.7. The number of nitrogens with zero attached hydrogens (tertiary/aromatic N) is 3. The Hall–Kier alpha value is -3.05. The summed E-state index contributed by atoms with van der Waals surface area (Å²) in [6.07, 6.45) is 3.17. The molecule has 0 atom stereocenters. The lowest BCUT2D eigenvalue weighted by Gasteiger charge is -2.28. The van der Waals surface area contributed by atoms with E-state index in [1.165, 1.54) is 6.07 Å². The molecule has 0 aliphatic carbocycles. The van der Waals surface area contributed by atoms with Crippen LogP contribution in [0.5, 0.6) is 0 Å². The summed E-state index contributed by atoms with van der Waals surface area (Å²) >= 11 is 3.79. The largest absolute Gasteiger partial charge is 0.366 e. The second kappa shape index (κ2) is 9.67. The second-order valence-electron chi connectivity index (χ2n) is 8.14. The first-order valence-corrected chi connectivity index (χ1v) is 12.9. The summed E-state index contributed by atoms with van der Waals surface area (Å²) in [6.45, 7) is 1.58. The molecule has 1 N–H and O–H groups in total. The summed E-state index contributed by atoms with van der Waals surface area (Å²) in [4.78, 5) is 31.3. The summed E-state index contributed by atoms with van der Waals surface area (Å²) in [5.41, 5.74) is 3.13. The highest BCUT2D eigenvalue weighted by molar-refractivity contribution is 14.1. The molecule has 7 nitrogen and oxygen atoms in total. The van der Waals surface area contributed by atoms with E-state index in [1.54, 1.807) is 23.5 Å². The molecule has 1 amide bonds. The van der Waals surface area contributed by atoms with Crippen molar-refractivity contribution in [2.75, 3.05) is 23.3 Å². The smallest absolute Gasteiger partial charge is 0.293 e. The van der Waals surface area contributed by atoms with E-state index in [-0.39, 0.29) is 11.3 Å². The van der Waals surface area contributed by atoms with Crippen LogP contribution in [0.25, 0.3) is 20.8 Å². The lowest BCUT2D eigenvalue weighted by molar-refractivity contribution is -0.384. The van der Waals surface area contributed by atoms with Crippen LogP contribution in [0, 0.1) is 13.7 Å². The molecule has 1 saturated heterocycles. The molecule has 0 saturated carbocycles. The van der Waals surface area contributed by atoms with Gasteiger partial charge in [0.05, 0.1) is 20.8 Å². The van der Waals surface area contributed by atoms with Crippen LogP contribution in [-0.2, 0) is 0 Å². The number of anilines is 2. The van der Waals surface area contributed by atoms with E-state index in [2.05, 4.69) is 27.9 Å². The number of rotatable bonds is 5.